The van der Waals surface area contributed by atoms with Crippen LogP contribution in [0.1, 0.15) is 15.9 Å². The van der Waals surface area contributed by atoms with E-state index in [0.717, 1.165) is 6.26 Å². The van der Waals surface area contributed by atoms with Crippen molar-refractivity contribution >= 4 is 21.7 Å². The molecule has 0 radical (unpaired) electrons. The molecule has 0 unspecified atom stereocenters. The molecule has 0 saturated heterocycles. The number of ether oxygens (including phenoxy) is 1. The SMILES string of the molecule is COc1ccc(N(Cc2ccc(C(=O)O)cc2)S(C)(=O)=O)cc1. The van der Waals surface area contributed by atoms with E-state index in [1.807, 2.05) is 0 Å². The van der Waals surface area contributed by atoms with Crippen LogP contribution in [0.2, 0.25) is 0 Å². The number of aromatic carboxylic acids is 1. The molecule has 0 bridgehead atoms. The molecule has 0 spiro atoms. The first kappa shape index (κ1) is 16.8. The van der Waals surface area contributed by atoms with E-state index in [4.69, 9.17) is 9.84 Å². The minimum Gasteiger partial charge on any atom is -0.497 e. The number of hydrogen-bond acceptors (Lipinski definition) is 4. The van der Waals surface area contributed by atoms with Gasteiger partial charge in [0.2, 0.25) is 10.0 Å². The van der Waals surface area contributed by atoms with E-state index in [-0.39, 0.29) is 12.1 Å². The summed E-state index contributed by atoms with van der Waals surface area (Å²) in [4.78, 5) is 10.9. The molecule has 122 valence electrons. The zero-order valence-electron chi connectivity index (χ0n) is 12.8. The zero-order valence-corrected chi connectivity index (χ0v) is 13.6. The monoisotopic (exact) mass is 335 g/mol. The molecule has 2 aromatic carbocycles. The van der Waals surface area contributed by atoms with Gasteiger partial charge in [-0.2, -0.15) is 0 Å². The van der Waals surface area contributed by atoms with Crippen molar-refractivity contribution in [2.24, 2.45) is 0 Å². The summed E-state index contributed by atoms with van der Waals surface area (Å²) >= 11 is 0. The molecule has 23 heavy (non-hydrogen) atoms. The van der Waals surface area contributed by atoms with Crippen molar-refractivity contribution in [2.45, 2.75) is 6.54 Å². The van der Waals surface area contributed by atoms with Gasteiger partial charge in [-0.3, -0.25) is 4.31 Å². The number of rotatable bonds is 6. The lowest BCUT2D eigenvalue weighted by Gasteiger charge is -2.22. The smallest absolute Gasteiger partial charge is 0.335 e. The van der Waals surface area contributed by atoms with Gasteiger partial charge in [0.05, 0.1) is 31.2 Å². The summed E-state index contributed by atoms with van der Waals surface area (Å²) < 4.78 is 30.4. The third-order valence-electron chi connectivity index (χ3n) is 3.29. The van der Waals surface area contributed by atoms with E-state index < -0.39 is 16.0 Å². The van der Waals surface area contributed by atoms with Gasteiger partial charge < -0.3 is 9.84 Å². The predicted molar refractivity (Wildman–Crippen MR) is 87.4 cm³/mol. The molecule has 0 aliphatic carbocycles. The van der Waals surface area contributed by atoms with Gasteiger partial charge in [-0.05, 0) is 42.0 Å². The average molecular weight is 335 g/mol. The minimum absolute atomic E-state index is 0.116. The lowest BCUT2D eigenvalue weighted by Crippen LogP contribution is -2.29. The highest BCUT2D eigenvalue weighted by atomic mass is 32.2. The van der Waals surface area contributed by atoms with Crippen LogP contribution >= 0.6 is 0 Å². The van der Waals surface area contributed by atoms with E-state index in [1.165, 1.54) is 23.5 Å². The van der Waals surface area contributed by atoms with E-state index in [1.54, 1.807) is 36.4 Å². The largest absolute Gasteiger partial charge is 0.497 e. The molecule has 6 nitrogen and oxygen atoms in total. The number of anilines is 1. The van der Waals surface area contributed by atoms with Crippen LogP contribution in [0.15, 0.2) is 48.5 Å². The summed E-state index contributed by atoms with van der Waals surface area (Å²) in [6.45, 7) is 0.116. The Bertz CT molecular complexity index is 782. The Balaban J connectivity index is 2.30. The van der Waals surface area contributed by atoms with Gasteiger partial charge in [0.1, 0.15) is 5.75 Å². The third kappa shape index (κ3) is 4.23. The van der Waals surface area contributed by atoms with Crippen LogP contribution in [-0.4, -0.2) is 32.9 Å². The predicted octanol–water partition coefficient (Wildman–Crippen LogP) is 2.36. The highest BCUT2D eigenvalue weighted by Crippen LogP contribution is 2.23. The van der Waals surface area contributed by atoms with Gasteiger partial charge in [0.15, 0.2) is 0 Å². The Labute approximate surface area is 135 Å². The number of hydrogen-bond donors (Lipinski definition) is 1. The number of carboxylic acids is 1. The summed E-state index contributed by atoms with van der Waals surface area (Å²) in [5.74, 6) is -0.389. The van der Waals surface area contributed by atoms with Gasteiger partial charge in [0, 0.05) is 0 Å². The molecule has 7 heteroatoms. The Morgan fingerprint density at radius 1 is 1.09 bits per heavy atom. The number of methoxy groups -OCH3 is 1. The summed E-state index contributed by atoms with van der Waals surface area (Å²) in [7, 11) is -1.95. The fourth-order valence-corrected chi connectivity index (χ4v) is 2.96. The number of nitrogens with zero attached hydrogens (tertiary/aromatic N) is 1. The van der Waals surface area contributed by atoms with Gasteiger partial charge in [-0.1, -0.05) is 12.1 Å². The van der Waals surface area contributed by atoms with Crippen molar-refractivity contribution in [3.63, 3.8) is 0 Å². The molecule has 2 aromatic rings. The first-order valence-electron chi connectivity index (χ1n) is 6.75. The third-order valence-corrected chi connectivity index (χ3v) is 4.43. The Kier molecular flexibility index (Phi) is 4.90. The van der Waals surface area contributed by atoms with Crippen LogP contribution in [-0.2, 0) is 16.6 Å². The highest BCUT2D eigenvalue weighted by molar-refractivity contribution is 7.92. The topological polar surface area (TPSA) is 83.9 Å². The standard InChI is InChI=1S/C16H17NO5S/c1-22-15-9-7-14(8-10-15)17(23(2,20)21)11-12-3-5-13(6-4-12)16(18)19/h3-10H,11H2,1-2H3,(H,18,19). The van der Waals surface area contributed by atoms with Crippen LogP contribution in [0.5, 0.6) is 5.75 Å². The maximum atomic E-state index is 12.1. The van der Waals surface area contributed by atoms with Crippen LogP contribution in [0.25, 0.3) is 0 Å². The van der Waals surface area contributed by atoms with Crippen molar-refractivity contribution in [3.8, 4) is 5.75 Å². The Morgan fingerprint density at radius 2 is 1.65 bits per heavy atom. The van der Waals surface area contributed by atoms with Crippen molar-refractivity contribution in [1.82, 2.24) is 0 Å². The molecular weight excluding hydrogens is 318 g/mol. The van der Waals surface area contributed by atoms with Crippen molar-refractivity contribution in [1.29, 1.82) is 0 Å². The Hall–Kier alpha value is -2.54. The summed E-state index contributed by atoms with van der Waals surface area (Å²) in [5, 5.41) is 8.90. The first-order valence-corrected chi connectivity index (χ1v) is 8.60. The molecule has 0 heterocycles. The number of carboxylic acid groups (broad SMARTS) is 1. The quantitative estimate of drug-likeness (QED) is 0.876. The van der Waals surface area contributed by atoms with Crippen LogP contribution in [0.4, 0.5) is 5.69 Å². The maximum absolute atomic E-state index is 12.1. The van der Waals surface area contributed by atoms with Crippen molar-refractivity contribution in [2.75, 3.05) is 17.7 Å². The first-order chi connectivity index (χ1) is 10.8. The number of sulfonamides is 1. The minimum atomic E-state index is -3.49. The molecule has 0 aromatic heterocycles. The summed E-state index contributed by atoms with van der Waals surface area (Å²) in [6.07, 6.45) is 1.13. The number of carbonyl (C=O) groups is 1. The fraction of sp³-hybridized carbons (Fsp3) is 0.188. The average Bonchev–Trinajstić information content (AvgIpc) is 2.52. The van der Waals surface area contributed by atoms with Gasteiger partial charge >= 0.3 is 5.97 Å². The van der Waals surface area contributed by atoms with Gasteiger partial charge in [0.25, 0.3) is 0 Å². The van der Waals surface area contributed by atoms with Gasteiger partial charge in [-0.25, -0.2) is 13.2 Å². The van der Waals surface area contributed by atoms with Gasteiger partial charge in [-0.15, -0.1) is 0 Å². The lowest BCUT2D eigenvalue weighted by atomic mass is 10.1. The summed E-state index contributed by atoms with van der Waals surface area (Å²) in [5.41, 5.74) is 1.36. The summed E-state index contributed by atoms with van der Waals surface area (Å²) in [6, 6.07) is 12.8. The van der Waals surface area contributed by atoms with Crippen LogP contribution in [0, 0.1) is 0 Å². The lowest BCUT2D eigenvalue weighted by molar-refractivity contribution is 0.0697. The van der Waals surface area contributed by atoms with Crippen LogP contribution in [0.3, 0.4) is 0 Å². The van der Waals surface area contributed by atoms with E-state index in [2.05, 4.69) is 0 Å². The van der Waals surface area contributed by atoms with E-state index >= 15 is 0 Å². The van der Waals surface area contributed by atoms with Crippen molar-refractivity contribution in [3.05, 3.63) is 59.7 Å². The van der Waals surface area contributed by atoms with E-state index in [0.29, 0.717) is 17.0 Å². The molecular formula is C16H17NO5S. The molecule has 2 rings (SSSR count). The molecule has 0 fully saturated rings. The van der Waals surface area contributed by atoms with E-state index in [9.17, 15) is 13.2 Å². The normalized spacial score (nSPS) is 11.0. The molecule has 0 saturated carbocycles. The molecule has 0 amide bonds. The Morgan fingerprint density at radius 3 is 2.09 bits per heavy atom. The zero-order chi connectivity index (χ0) is 17.0. The molecule has 1 N–H and O–H groups in total. The molecule has 0 aliphatic heterocycles. The van der Waals surface area contributed by atoms with Crippen LogP contribution < -0.4 is 9.04 Å². The second kappa shape index (κ2) is 6.70. The maximum Gasteiger partial charge on any atom is 0.335 e. The fourth-order valence-electron chi connectivity index (χ4n) is 2.07. The second-order valence-electron chi connectivity index (χ2n) is 4.97. The second-order valence-corrected chi connectivity index (χ2v) is 6.88. The molecule has 0 aliphatic rings. The molecule has 0 atom stereocenters. The van der Waals surface area contributed by atoms with Crippen molar-refractivity contribution < 1.29 is 23.1 Å². The number of benzene rings is 2. The highest BCUT2D eigenvalue weighted by Gasteiger charge is 2.18.